The van der Waals surface area contributed by atoms with E-state index in [1.54, 1.807) is 6.92 Å². The molecule has 1 aromatic rings. The number of rotatable bonds is 4. The van der Waals surface area contributed by atoms with Crippen LogP contribution < -0.4 is 14.2 Å². The van der Waals surface area contributed by atoms with Gasteiger partial charge in [0, 0.05) is 12.5 Å². The van der Waals surface area contributed by atoms with E-state index in [-0.39, 0.29) is 23.6 Å². The molecule has 1 heterocycles. The summed E-state index contributed by atoms with van der Waals surface area (Å²) in [5.41, 5.74) is -0.0145. The predicted molar refractivity (Wildman–Crippen MR) is 53.1 cm³/mol. The Morgan fingerprint density at radius 2 is 2.13 bits per heavy atom. The molecule has 0 bridgehead atoms. The van der Waals surface area contributed by atoms with Crippen LogP contribution in [-0.4, -0.2) is 20.0 Å². The number of ether oxygens (including phenoxy) is 2. The molecule has 1 rings (SSSR count). The Morgan fingerprint density at radius 1 is 1.47 bits per heavy atom. The summed E-state index contributed by atoms with van der Waals surface area (Å²) >= 11 is 0. The zero-order chi connectivity index (χ0) is 11.4. The van der Waals surface area contributed by atoms with Crippen molar-refractivity contribution < 1.29 is 19.0 Å². The number of carbonyl (C=O) groups excluding carboxylic acids is 1. The van der Waals surface area contributed by atoms with Crippen LogP contribution >= 0.6 is 0 Å². The second kappa shape index (κ2) is 4.63. The van der Waals surface area contributed by atoms with E-state index in [4.69, 9.17) is 9.47 Å². The molecule has 82 valence electrons. The van der Waals surface area contributed by atoms with Gasteiger partial charge in [-0.25, -0.2) is 0 Å². The van der Waals surface area contributed by atoms with E-state index in [0.717, 1.165) is 0 Å². The van der Waals surface area contributed by atoms with Crippen LogP contribution in [0.15, 0.2) is 12.3 Å². The number of methoxy groups -OCH3 is 2. The van der Waals surface area contributed by atoms with Crippen molar-refractivity contribution in [3.63, 3.8) is 0 Å². The van der Waals surface area contributed by atoms with Crippen molar-refractivity contribution in [2.45, 2.75) is 13.3 Å². The molecule has 0 N–H and O–H groups in total. The minimum absolute atomic E-state index is 0.0145. The van der Waals surface area contributed by atoms with Crippen LogP contribution in [0.5, 0.6) is 11.5 Å². The quantitative estimate of drug-likeness (QED) is 0.422. The van der Waals surface area contributed by atoms with E-state index in [0.29, 0.717) is 10.5 Å². The molecule has 1 aromatic heterocycles. The van der Waals surface area contributed by atoms with Gasteiger partial charge < -0.3 is 14.7 Å². The Labute approximate surface area is 87.8 Å². The van der Waals surface area contributed by atoms with E-state index in [1.165, 1.54) is 26.5 Å². The van der Waals surface area contributed by atoms with Gasteiger partial charge in [-0.1, -0.05) is 6.92 Å². The number of ketones is 1. The van der Waals surface area contributed by atoms with Crippen molar-refractivity contribution in [2.24, 2.45) is 0 Å². The molecule has 0 atom stereocenters. The second-order valence-electron chi connectivity index (χ2n) is 2.87. The summed E-state index contributed by atoms with van der Waals surface area (Å²) in [6.45, 7) is 1.68. The summed E-state index contributed by atoms with van der Waals surface area (Å²) in [4.78, 5) is 11.5. The van der Waals surface area contributed by atoms with E-state index in [1.807, 2.05) is 0 Å². The van der Waals surface area contributed by atoms with Gasteiger partial charge in [-0.3, -0.25) is 4.79 Å². The second-order valence-corrected chi connectivity index (χ2v) is 2.87. The number of aromatic nitrogens is 1. The first-order valence-electron chi connectivity index (χ1n) is 4.53. The Balaban J connectivity index is 3.38. The number of hydrogen-bond acceptors (Lipinski definition) is 4. The molecule has 0 radical (unpaired) electrons. The van der Waals surface area contributed by atoms with Gasteiger partial charge >= 0.3 is 5.69 Å². The lowest BCUT2D eigenvalue weighted by atomic mass is 10.2. The maximum absolute atomic E-state index is 11.5. The summed E-state index contributed by atoms with van der Waals surface area (Å²) in [6.07, 6.45) is 1.47. The molecule has 0 fully saturated rings. The molecule has 0 amide bonds. The molecule has 0 aliphatic rings. The number of pyridine rings is 1. The molecule has 0 aromatic carbocycles. The molecular formula is C10H13NO4. The van der Waals surface area contributed by atoms with Gasteiger partial charge in [-0.15, -0.1) is 0 Å². The van der Waals surface area contributed by atoms with Gasteiger partial charge in [0.25, 0.3) is 0 Å². The summed E-state index contributed by atoms with van der Waals surface area (Å²) in [6, 6.07) is 1.46. The maximum Gasteiger partial charge on any atom is 0.306 e. The first-order chi connectivity index (χ1) is 7.15. The zero-order valence-electron chi connectivity index (χ0n) is 8.94. The molecule has 0 spiro atoms. The van der Waals surface area contributed by atoms with Gasteiger partial charge in [0.1, 0.15) is 0 Å². The predicted octanol–water partition coefficient (Wildman–Crippen LogP) is 0.930. The van der Waals surface area contributed by atoms with Crippen molar-refractivity contribution in [3.05, 3.63) is 23.2 Å². The smallest absolute Gasteiger partial charge is 0.306 e. The molecule has 0 unspecified atom stereocenters. The van der Waals surface area contributed by atoms with Gasteiger partial charge in [0.15, 0.2) is 11.9 Å². The Kier molecular flexibility index (Phi) is 3.49. The molecule has 0 saturated heterocycles. The first-order valence-corrected chi connectivity index (χ1v) is 4.53. The first kappa shape index (κ1) is 11.3. The number of nitrogens with zero attached hydrogens (tertiary/aromatic N) is 1. The molecule has 15 heavy (non-hydrogen) atoms. The zero-order valence-corrected chi connectivity index (χ0v) is 8.94. The van der Waals surface area contributed by atoms with E-state index < -0.39 is 0 Å². The Bertz CT molecular complexity index is 376. The van der Waals surface area contributed by atoms with Crippen molar-refractivity contribution in [1.82, 2.24) is 0 Å². The minimum Gasteiger partial charge on any atom is -0.618 e. The van der Waals surface area contributed by atoms with Gasteiger partial charge in [-0.05, 0) is 0 Å². The van der Waals surface area contributed by atoms with E-state index in [9.17, 15) is 10.0 Å². The molecule has 0 aliphatic heterocycles. The minimum atomic E-state index is -0.277. The third kappa shape index (κ3) is 2.01. The van der Waals surface area contributed by atoms with E-state index in [2.05, 4.69) is 0 Å². The van der Waals surface area contributed by atoms with Crippen molar-refractivity contribution >= 4 is 5.78 Å². The fraction of sp³-hybridized carbons (Fsp3) is 0.400. The normalized spacial score (nSPS) is 9.80. The monoisotopic (exact) mass is 211 g/mol. The lowest BCUT2D eigenvalue weighted by Gasteiger charge is -2.10. The lowest BCUT2D eigenvalue weighted by Crippen LogP contribution is -2.34. The highest BCUT2D eigenvalue weighted by atomic mass is 16.5. The van der Waals surface area contributed by atoms with E-state index >= 15 is 0 Å². The third-order valence-electron chi connectivity index (χ3n) is 2.03. The van der Waals surface area contributed by atoms with Gasteiger partial charge in [0.2, 0.25) is 11.5 Å². The molecule has 5 heteroatoms. The fourth-order valence-corrected chi connectivity index (χ4v) is 1.28. The Hall–Kier alpha value is -1.78. The lowest BCUT2D eigenvalue weighted by molar-refractivity contribution is -0.608. The van der Waals surface area contributed by atoms with Crippen LogP contribution in [0.1, 0.15) is 23.8 Å². The largest absolute Gasteiger partial charge is 0.618 e. The fourth-order valence-electron chi connectivity index (χ4n) is 1.28. The average Bonchev–Trinajstić information content (AvgIpc) is 2.27. The van der Waals surface area contributed by atoms with Gasteiger partial charge in [-0.2, -0.15) is 4.73 Å². The maximum atomic E-state index is 11.5. The number of hydrogen-bond donors (Lipinski definition) is 0. The van der Waals surface area contributed by atoms with Crippen LogP contribution in [0.25, 0.3) is 0 Å². The SMILES string of the molecule is CCC(=O)c1c(OC)c(OC)cc[n+]1[O-]. The summed E-state index contributed by atoms with van der Waals surface area (Å²) < 4.78 is 10.5. The van der Waals surface area contributed by atoms with Crippen LogP contribution in [-0.2, 0) is 0 Å². The number of carbonyl (C=O) groups is 1. The molecule has 0 saturated carbocycles. The topological polar surface area (TPSA) is 62.5 Å². The van der Waals surface area contributed by atoms with Crippen LogP contribution in [0.3, 0.4) is 0 Å². The molecular weight excluding hydrogens is 198 g/mol. The van der Waals surface area contributed by atoms with Crippen molar-refractivity contribution in [2.75, 3.05) is 14.2 Å². The highest BCUT2D eigenvalue weighted by Crippen LogP contribution is 2.28. The number of Topliss-reactive ketones (excluding diaryl/α,β-unsaturated/α-hetero) is 1. The van der Waals surface area contributed by atoms with Crippen molar-refractivity contribution in [3.8, 4) is 11.5 Å². The highest BCUT2D eigenvalue weighted by molar-refractivity contribution is 5.95. The standard InChI is InChI=1S/C10H13NO4/c1-4-7(12)9-10(15-3)8(14-2)5-6-11(9)13/h5-6H,4H2,1-3H3. The highest BCUT2D eigenvalue weighted by Gasteiger charge is 2.24. The van der Waals surface area contributed by atoms with Crippen LogP contribution in [0.4, 0.5) is 0 Å². The van der Waals surface area contributed by atoms with Crippen LogP contribution in [0, 0.1) is 5.21 Å². The molecule has 0 aliphatic carbocycles. The summed E-state index contributed by atoms with van der Waals surface area (Å²) in [5.74, 6) is 0.281. The summed E-state index contributed by atoms with van der Waals surface area (Å²) in [7, 11) is 2.84. The van der Waals surface area contributed by atoms with Gasteiger partial charge in [0.05, 0.1) is 14.2 Å². The summed E-state index contributed by atoms with van der Waals surface area (Å²) in [5, 5.41) is 11.4. The molecule has 5 nitrogen and oxygen atoms in total. The third-order valence-corrected chi connectivity index (χ3v) is 2.03. The average molecular weight is 211 g/mol. The van der Waals surface area contributed by atoms with Crippen LogP contribution in [0.2, 0.25) is 0 Å². The van der Waals surface area contributed by atoms with Crippen molar-refractivity contribution in [1.29, 1.82) is 0 Å². The Morgan fingerprint density at radius 3 is 2.60 bits per heavy atom.